The molecular weight excluding hydrogens is 234 g/mol. The molecule has 0 fully saturated rings. The smallest absolute Gasteiger partial charge is 0.244 e. The number of hydrogen-bond acceptors (Lipinski definition) is 1. The number of allylic oxidation sites excluding steroid dienone is 8. The molecule has 0 rings (SSSR count). The summed E-state index contributed by atoms with van der Waals surface area (Å²) in [5.74, 6) is -0.401. The number of primary amides is 1. The molecule has 0 atom stereocenters. The van der Waals surface area contributed by atoms with Crippen molar-refractivity contribution in [3.63, 3.8) is 0 Å². The lowest BCUT2D eigenvalue weighted by atomic mass is 10.0. The third-order valence-corrected chi connectivity index (χ3v) is 2.57. The Balaban J connectivity index is 5.18. The standard InChI is InChI=1S/C17H25NO/c1-6-8-10-13(3)11-14(4)16(9-7-2)12-15(5)17(18)19/h8-12H,4,6-7H2,1-3,5H3,(H2,18,19). The van der Waals surface area contributed by atoms with E-state index < -0.39 is 5.91 Å². The molecule has 0 heterocycles. The Morgan fingerprint density at radius 2 is 1.79 bits per heavy atom. The molecule has 104 valence electrons. The molecule has 0 aliphatic rings. The molecule has 1 amide bonds. The fraction of sp³-hybridized carbons (Fsp3) is 0.353. The van der Waals surface area contributed by atoms with E-state index in [2.05, 4.69) is 25.7 Å². The Bertz CT molecular complexity index is 448. The minimum atomic E-state index is -0.401. The average Bonchev–Trinajstić information content (AvgIpc) is 2.35. The molecule has 0 bridgehead atoms. The largest absolute Gasteiger partial charge is 0.366 e. The first-order valence-corrected chi connectivity index (χ1v) is 6.64. The molecule has 2 N–H and O–H groups in total. The molecule has 0 saturated carbocycles. The summed E-state index contributed by atoms with van der Waals surface area (Å²) < 4.78 is 0. The minimum absolute atomic E-state index is 0.401. The van der Waals surface area contributed by atoms with Crippen LogP contribution in [0.3, 0.4) is 0 Å². The number of nitrogens with two attached hydrogens (primary N) is 1. The molecule has 0 aromatic heterocycles. The van der Waals surface area contributed by atoms with Crippen LogP contribution in [0.5, 0.6) is 0 Å². The van der Waals surface area contributed by atoms with E-state index in [1.165, 1.54) is 0 Å². The van der Waals surface area contributed by atoms with Crippen molar-refractivity contribution in [2.45, 2.75) is 40.5 Å². The lowest BCUT2D eigenvalue weighted by molar-refractivity contribution is -0.114. The van der Waals surface area contributed by atoms with E-state index in [1.807, 2.05) is 26.0 Å². The van der Waals surface area contributed by atoms with Gasteiger partial charge < -0.3 is 5.73 Å². The van der Waals surface area contributed by atoms with E-state index >= 15 is 0 Å². The Morgan fingerprint density at radius 1 is 1.16 bits per heavy atom. The Labute approximate surface area is 117 Å². The molecule has 0 aliphatic carbocycles. The number of carbonyl (C=O) groups is 1. The van der Waals surface area contributed by atoms with Crippen LogP contribution in [0.25, 0.3) is 0 Å². The van der Waals surface area contributed by atoms with Crippen LogP contribution in [-0.4, -0.2) is 5.91 Å². The molecule has 0 radical (unpaired) electrons. The van der Waals surface area contributed by atoms with Crippen molar-refractivity contribution < 1.29 is 4.79 Å². The summed E-state index contributed by atoms with van der Waals surface area (Å²) in [5, 5.41) is 0. The van der Waals surface area contributed by atoms with E-state index in [-0.39, 0.29) is 0 Å². The topological polar surface area (TPSA) is 43.1 Å². The van der Waals surface area contributed by atoms with Gasteiger partial charge in [-0.25, -0.2) is 0 Å². The average molecular weight is 259 g/mol. The predicted octanol–water partition coefficient (Wildman–Crippen LogP) is 4.22. The molecule has 0 saturated heterocycles. The molecule has 0 spiro atoms. The summed E-state index contributed by atoms with van der Waals surface area (Å²) in [6, 6.07) is 0. The Kier molecular flexibility index (Phi) is 8.27. The highest BCUT2D eigenvalue weighted by Gasteiger charge is 2.02. The van der Waals surface area contributed by atoms with Crippen LogP contribution in [0.4, 0.5) is 0 Å². The maximum atomic E-state index is 11.1. The van der Waals surface area contributed by atoms with Gasteiger partial charge in [0, 0.05) is 5.57 Å². The Hall–Kier alpha value is -1.83. The molecule has 0 aromatic rings. The third kappa shape index (κ3) is 7.24. The minimum Gasteiger partial charge on any atom is -0.366 e. The fourth-order valence-corrected chi connectivity index (χ4v) is 1.52. The molecule has 0 aromatic carbocycles. The first-order chi connectivity index (χ1) is 8.92. The van der Waals surface area contributed by atoms with Crippen molar-refractivity contribution in [1.82, 2.24) is 0 Å². The summed E-state index contributed by atoms with van der Waals surface area (Å²) in [6.07, 6.45) is 11.9. The monoisotopic (exact) mass is 259 g/mol. The second-order valence-electron chi connectivity index (χ2n) is 4.48. The predicted molar refractivity (Wildman–Crippen MR) is 83.7 cm³/mol. The van der Waals surface area contributed by atoms with Gasteiger partial charge in [0.2, 0.25) is 5.91 Å². The van der Waals surface area contributed by atoms with E-state index in [4.69, 9.17) is 5.73 Å². The number of hydrogen-bond donors (Lipinski definition) is 1. The van der Waals surface area contributed by atoms with Gasteiger partial charge in [-0.2, -0.15) is 0 Å². The quantitative estimate of drug-likeness (QED) is 0.540. The van der Waals surface area contributed by atoms with Crippen LogP contribution in [0.2, 0.25) is 0 Å². The van der Waals surface area contributed by atoms with Gasteiger partial charge in [0.25, 0.3) is 0 Å². The van der Waals surface area contributed by atoms with Gasteiger partial charge in [0.1, 0.15) is 0 Å². The van der Waals surface area contributed by atoms with Gasteiger partial charge >= 0.3 is 0 Å². The maximum Gasteiger partial charge on any atom is 0.244 e. The van der Waals surface area contributed by atoms with Gasteiger partial charge in [-0.15, -0.1) is 0 Å². The van der Waals surface area contributed by atoms with Crippen LogP contribution >= 0.6 is 0 Å². The number of carbonyl (C=O) groups excluding carboxylic acids is 1. The molecule has 19 heavy (non-hydrogen) atoms. The summed E-state index contributed by atoms with van der Waals surface area (Å²) in [4.78, 5) is 11.1. The van der Waals surface area contributed by atoms with Crippen LogP contribution in [-0.2, 0) is 4.79 Å². The number of amides is 1. The second kappa shape index (κ2) is 9.15. The summed E-state index contributed by atoms with van der Waals surface area (Å²) in [6.45, 7) is 12.0. The van der Waals surface area contributed by atoms with Gasteiger partial charge in [-0.05, 0) is 43.9 Å². The Morgan fingerprint density at radius 3 is 2.26 bits per heavy atom. The van der Waals surface area contributed by atoms with Crippen LogP contribution < -0.4 is 5.73 Å². The SMILES string of the molecule is C=C(C=C(C)C=CCC)C(C=C(C)C(N)=O)=CCC. The lowest BCUT2D eigenvalue weighted by Gasteiger charge is -2.05. The van der Waals surface area contributed by atoms with E-state index in [0.29, 0.717) is 5.57 Å². The zero-order chi connectivity index (χ0) is 14.8. The molecule has 2 heteroatoms. The number of rotatable bonds is 7. The van der Waals surface area contributed by atoms with Crippen molar-refractivity contribution in [2.75, 3.05) is 0 Å². The highest BCUT2D eigenvalue weighted by Crippen LogP contribution is 2.16. The highest BCUT2D eigenvalue weighted by molar-refractivity contribution is 5.92. The van der Waals surface area contributed by atoms with E-state index in [0.717, 1.165) is 29.6 Å². The first-order valence-electron chi connectivity index (χ1n) is 6.64. The molecule has 0 aliphatic heterocycles. The summed E-state index contributed by atoms with van der Waals surface area (Å²) in [7, 11) is 0. The van der Waals surface area contributed by atoms with Gasteiger partial charge in [0.15, 0.2) is 0 Å². The lowest BCUT2D eigenvalue weighted by Crippen LogP contribution is -2.11. The van der Waals surface area contributed by atoms with Crippen molar-refractivity contribution in [2.24, 2.45) is 5.73 Å². The van der Waals surface area contributed by atoms with Crippen molar-refractivity contribution in [3.8, 4) is 0 Å². The second-order valence-corrected chi connectivity index (χ2v) is 4.48. The van der Waals surface area contributed by atoms with Crippen molar-refractivity contribution in [1.29, 1.82) is 0 Å². The summed E-state index contributed by atoms with van der Waals surface area (Å²) >= 11 is 0. The normalized spacial score (nSPS) is 14.0. The van der Waals surface area contributed by atoms with Crippen LogP contribution in [0.1, 0.15) is 40.5 Å². The fourth-order valence-electron chi connectivity index (χ4n) is 1.52. The van der Waals surface area contributed by atoms with Crippen LogP contribution in [0.15, 0.2) is 59.3 Å². The van der Waals surface area contributed by atoms with E-state index in [9.17, 15) is 4.79 Å². The molecule has 2 nitrogen and oxygen atoms in total. The summed E-state index contributed by atoms with van der Waals surface area (Å²) in [5.41, 5.74) is 8.77. The van der Waals surface area contributed by atoms with E-state index in [1.54, 1.807) is 13.0 Å². The maximum absolute atomic E-state index is 11.1. The molecule has 0 unspecified atom stereocenters. The zero-order valence-corrected chi connectivity index (χ0v) is 12.5. The van der Waals surface area contributed by atoms with Gasteiger partial charge in [-0.1, -0.05) is 50.3 Å². The first kappa shape index (κ1) is 17.2. The van der Waals surface area contributed by atoms with Crippen LogP contribution in [0, 0.1) is 0 Å². The van der Waals surface area contributed by atoms with Gasteiger partial charge in [-0.3, -0.25) is 4.79 Å². The zero-order valence-electron chi connectivity index (χ0n) is 12.5. The highest BCUT2D eigenvalue weighted by atomic mass is 16.1. The molecular formula is C17H25NO. The third-order valence-electron chi connectivity index (χ3n) is 2.57. The van der Waals surface area contributed by atoms with Gasteiger partial charge in [0.05, 0.1) is 0 Å². The van der Waals surface area contributed by atoms with Crippen molar-refractivity contribution in [3.05, 3.63) is 59.3 Å². The van der Waals surface area contributed by atoms with Crippen molar-refractivity contribution >= 4 is 5.91 Å².